The average molecular weight is 280 g/mol. The standard InChI is InChI=1S/C15H20O3S/c1-3-18-15(17)7-5-6-14(16)12-8-10-13(11-9-12)19-4-2/h8-11H,3-7H2,1-2H3. The molecule has 1 aromatic rings. The highest BCUT2D eigenvalue weighted by Gasteiger charge is 2.08. The molecule has 0 unspecified atom stereocenters. The molecule has 0 bridgehead atoms. The zero-order valence-corrected chi connectivity index (χ0v) is 12.3. The monoisotopic (exact) mass is 280 g/mol. The molecule has 104 valence electrons. The number of rotatable bonds is 8. The van der Waals surface area contributed by atoms with Gasteiger partial charge in [-0.1, -0.05) is 19.1 Å². The molecule has 3 nitrogen and oxygen atoms in total. The number of benzene rings is 1. The number of hydrogen-bond donors (Lipinski definition) is 0. The van der Waals surface area contributed by atoms with Crippen LogP contribution in [0.5, 0.6) is 0 Å². The van der Waals surface area contributed by atoms with Gasteiger partial charge in [0.1, 0.15) is 0 Å². The lowest BCUT2D eigenvalue weighted by Crippen LogP contribution is -2.05. The maximum Gasteiger partial charge on any atom is 0.305 e. The predicted octanol–water partition coefficient (Wildman–Crippen LogP) is 3.71. The molecular formula is C15H20O3S. The number of hydrogen-bond acceptors (Lipinski definition) is 4. The zero-order valence-electron chi connectivity index (χ0n) is 11.5. The van der Waals surface area contributed by atoms with Crippen molar-refractivity contribution in [1.82, 2.24) is 0 Å². The molecular weight excluding hydrogens is 260 g/mol. The second-order valence-corrected chi connectivity index (χ2v) is 5.38. The van der Waals surface area contributed by atoms with Gasteiger partial charge in [-0.15, -0.1) is 11.8 Å². The third kappa shape index (κ3) is 5.92. The van der Waals surface area contributed by atoms with Gasteiger partial charge in [-0.2, -0.15) is 0 Å². The summed E-state index contributed by atoms with van der Waals surface area (Å²) in [5.74, 6) is 0.870. The van der Waals surface area contributed by atoms with Crippen LogP contribution in [0.2, 0.25) is 0 Å². The van der Waals surface area contributed by atoms with Crippen LogP contribution in [0.25, 0.3) is 0 Å². The quantitative estimate of drug-likeness (QED) is 0.413. The minimum Gasteiger partial charge on any atom is -0.466 e. The number of ketones is 1. The first kappa shape index (κ1) is 15.8. The third-order valence-corrected chi connectivity index (χ3v) is 3.47. The molecule has 0 aliphatic carbocycles. The first-order valence-corrected chi connectivity index (χ1v) is 7.57. The fourth-order valence-electron chi connectivity index (χ4n) is 1.67. The van der Waals surface area contributed by atoms with E-state index in [0.29, 0.717) is 31.4 Å². The van der Waals surface area contributed by atoms with Crippen molar-refractivity contribution in [3.63, 3.8) is 0 Å². The fourth-order valence-corrected chi connectivity index (χ4v) is 2.34. The van der Waals surface area contributed by atoms with Crippen molar-refractivity contribution < 1.29 is 14.3 Å². The van der Waals surface area contributed by atoms with E-state index in [0.717, 1.165) is 5.75 Å². The van der Waals surface area contributed by atoms with Gasteiger partial charge in [0.2, 0.25) is 0 Å². The predicted molar refractivity (Wildman–Crippen MR) is 77.7 cm³/mol. The maximum atomic E-state index is 11.9. The molecule has 0 fully saturated rings. The highest BCUT2D eigenvalue weighted by atomic mass is 32.2. The van der Waals surface area contributed by atoms with Gasteiger partial charge in [0.05, 0.1) is 6.61 Å². The number of carbonyl (C=O) groups is 2. The van der Waals surface area contributed by atoms with Crippen LogP contribution in [0.1, 0.15) is 43.5 Å². The Hall–Kier alpha value is -1.29. The Kier molecular flexibility index (Phi) is 7.26. The minimum atomic E-state index is -0.231. The van der Waals surface area contributed by atoms with Crippen molar-refractivity contribution in [2.75, 3.05) is 12.4 Å². The molecule has 0 saturated carbocycles. The summed E-state index contributed by atoms with van der Waals surface area (Å²) in [7, 11) is 0. The van der Waals surface area contributed by atoms with Crippen LogP contribution in [-0.4, -0.2) is 24.1 Å². The van der Waals surface area contributed by atoms with Crippen LogP contribution in [-0.2, 0) is 9.53 Å². The number of esters is 1. The Bertz CT molecular complexity index is 412. The van der Waals surface area contributed by atoms with Crippen LogP contribution in [0.4, 0.5) is 0 Å². The molecule has 0 amide bonds. The Morgan fingerprint density at radius 1 is 1.11 bits per heavy atom. The van der Waals surface area contributed by atoms with E-state index in [2.05, 4.69) is 6.92 Å². The summed E-state index contributed by atoms with van der Waals surface area (Å²) in [6.45, 7) is 4.27. The van der Waals surface area contributed by atoms with Crippen molar-refractivity contribution >= 4 is 23.5 Å². The molecule has 0 atom stereocenters. The molecule has 0 aromatic heterocycles. The molecule has 0 radical (unpaired) electrons. The van der Waals surface area contributed by atoms with E-state index in [1.165, 1.54) is 4.90 Å². The van der Waals surface area contributed by atoms with Crippen molar-refractivity contribution in [2.24, 2.45) is 0 Å². The number of thioether (sulfide) groups is 1. The zero-order chi connectivity index (χ0) is 14.1. The van der Waals surface area contributed by atoms with E-state index in [-0.39, 0.29) is 11.8 Å². The SMILES string of the molecule is CCOC(=O)CCCC(=O)c1ccc(SCC)cc1. The molecule has 1 aromatic carbocycles. The first-order valence-electron chi connectivity index (χ1n) is 6.59. The van der Waals surface area contributed by atoms with Gasteiger partial charge in [-0.05, 0) is 31.2 Å². The summed E-state index contributed by atoms with van der Waals surface area (Å²) in [5, 5.41) is 0. The summed E-state index contributed by atoms with van der Waals surface area (Å²) in [6.07, 6.45) is 1.24. The van der Waals surface area contributed by atoms with E-state index >= 15 is 0 Å². The van der Waals surface area contributed by atoms with Gasteiger partial charge in [0.15, 0.2) is 5.78 Å². The Balaban J connectivity index is 2.38. The number of Topliss-reactive ketones (excluding diaryl/α,β-unsaturated/α-hetero) is 1. The van der Waals surface area contributed by atoms with E-state index in [4.69, 9.17) is 4.74 Å². The largest absolute Gasteiger partial charge is 0.466 e. The van der Waals surface area contributed by atoms with Gasteiger partial charge in [-0.3, -0.25) is 9.59 Å². The Morgan fingerprint density at radius 3 is 2.37 bits per heavy atom. The molecule has 1 rings (SSSR count). The summed E-state index contributed by atoms with van der Waals surface area (Å²) in [5.41, 5.74) is 0.712. The summed E-state index contributed by atoms with van der Waals surface area (Å²) < 4.78 is 4.82. The summed E-state index contributed by atoms with van der Waals surface area (Å²) in [6, 6.07) is 7.63. The van der Waals surface area contributed by atoms with Crippen molar-refractivity contribution in [3.8, 4) is 0 Å². The lowest BCUT2D eigenvalue weighted by molar-refractivity contribution is -0.143. The number of ether oxygens (including phenoxy) is 1. The van der Waals surface area contributed by atoms with Crippen molar-refractivity contribution in [2.45, 2.75) is 38.0 Å². The van der Waals surface area contributed by atoms with Gasteiger partial charge in [-0.25, -0.2) is 0 Å². The first-order chi connectivity index (χ1) is 9.17. The van der Waals surface area contributed by atoms with Gasteiger partial charge < -0.3 is 4.74 Å². The van der Waals surface area contributed by atoms with Gasteiger partial charge >= 0.3 is 5.97 Å². The molecule has 19 heavy (non-hydrogen) atoms. The van der Waals surface area contributed by atoms with Crippen LogP contribution < -0.4 is 0 Å². The van der Waals surface area contributed by atoms with Crippen molar-refractivity contribution in [3.05, 3.63) is 29.8 Å². The van der Waals surface area contributed by atoms with E-state index in [1.54, 1.807) is 18.7 Å². The Labute approximate surface area is 118 Å². The van der Waals surface area contributed by atoms with Gasteiger partial charge in [0.25, 0.3) is 0 Å². The van der Waals surface area contributed by atoms with Crippen molar-refractivity contribution in [1.29, 1.82) is 0 Å². The molecule has 0 spiro atoms. The minimum absolute atomic E-state index is 0.0809. The molecule has 0 saturated heterocycles. The smallest absolute Gasteiger partial charge is 0.305 e. The fraction of sp³-hybridized carbons (Fsp3) is 0.467. The van der Waals surface area contributed by atoms with Crippen LogP contribution in [0.15, 0.2) is 29.2 Å². The van der Waals surface area contributed by atoms with Crippen LogP contribution in [0, 0.1) is 0 Å². The van der Waals surface area contributed by atoms with E-state index in [9.17, 15) is 9.59 Å². The highest BCUT2D eigenvalue weighted by molar-refractivity contribution is 7.99. The molecule has 0 N–H and O–H groups in total. The Morgan fingerprint density at radius 2 is 1.79 bits per heavy atom. The number of carbonyl (C=O) groups excluding carboxylic acids is 2. The maximum absolute atomic E-state index is 11.9. The van der Waals surface area contributed by atoms with Gasteiger partial charge in [0, 0.05) is 23.3 Å². The normalized spacial score (nSPS) is 10.2. The van der Waals surface area contributed by atoms with Crippen LogP contribution >= 0.6 is 11.8 Å². The average Bonchev–Trinajstić information content (AvgIpc) is 2.40. The summed E-state index contributed by atoms with van der Waals surface area (Å²) in [4.78, 5) is 24.2. The van der Waals surface area contributed by atoms with E-state index < -0.39 is 0 Å². The second-order valence-electron chi connectivity index (χ2n) is 4.04. The lowest BCUT2D eigenvalue weighted by atomic mass is 10.1. The summed E-state index contributed by atoms with van der Waals surface area (Å²) >= 11 is 1.75. The lowest BCUT2D eigenvalue weighted by Gasteiger charge is -2.03. The topological polar surface area (TPSA) is 43.4 Å². The molecule has 0 aliphatic heterocycles. The van der Waals surface area contributed by atoms with Crippen LogP contribution in [0.3, 0.4) is 0 Å². The third-order valence-electron chi connectivity index (χ3n) is 2.58. The van der Waals surface area contributed by atoms with E-state index in [1.807, 2.05) is 24.3 Å². The second kappa shape index (κ2) is 8.75. The highest BCUT2D eigenvalue weighted by Crippen LogP contribution is 2.18. The molecule has 4 heteroatoms. The molecule has 0 heterocycles. The molecule has 0 aliphatic rings.